The van der Waals surface area contributed by atoms with E-state index in [4.69, 9.17) is 0 Å². The number of aryl methyl sites for hydroxylation is 2. The molecule has 2 aromatic rings. The molecular weight excluding hydrogens is 336 g/mol. The summed E-state index contributed by atoms with van der Waals surface area (Å²) in [5, 5.41) is 13.6. The minimum atomic E-state index is -0.444. The summed E-state index contributed by atoms with van der Waals surface area (Å²) < 4.78 is 0.891. The summed E-state index contributed by atoms with van der Waals surface area (Å²) in [5.41, 5.74) is 2.47. The third-order valence-electron chi connectivity index (χ3n) is 3.07. The minimum Gasteiger partial charge on any atom is -0.321 e. The molecule has 0 aliphatic carbocycles. The Hall–Kier alpha value is -2.21. The Bertz CT molecular complexity index is 688. The molecule has 1 amide bonds. The lowest BCUT2D eigenvalue weighted by Crippen LogP contribution is -2.13. The fourth-order valence-corrected chi connectivity index (χ4v) is 2.29. The molecule has 0 radical (unpaired) electrons. The lowest BCUT2D eigenvalue weighted by Gasteiger charge is -2.11. The molecule has 21 heavy (non-hydrogen) atoms. The third-order valence-corrected chi connectivity index (χ3v) is 3.60. The second-order valence-electron chi connectivity index (χ2n) is 4.67. The summed E-state index contributed by atoms with van der Waals surface area (Å²) in [7, 11) is 0. The van der Waals surface area contributed by atoms with Gasteiger partial charge in [0.05, 0.1) is 4.92 Å². The van der Waals surface area contributed by atoms with Crippen LogP contribution in [0.15, 0.2) is 40.9 Å². The molecule has 2 rings (SSSR count). The van der Waals surface area contributed by atoms with Crippen molar-refractivity contribution in [2.24, 2.45) is 0 Å². The largest absolute Gasteiger partial charge is 0.321 e. The molecular formula is C15H13BrN2O3. The topological polar surface area (TPSA) is 72.2 Å². The van der Waals surface area contributed by atoms with Gasteiger partial charge in [0.25, 0.3) is 11.6 Å². The predicted octanol–water partition coefficient (Wildman–Crippen LogP) is 4.23. The van der Waals surface area contributed by atoms with Crippen LogP contribution in [0.25, 0.3) is 0 Å². The van der Waals surface area contributed by atoms with Crippen molar-refractivity contribution in [3.63, 3.8) is 0 Å². The molecule has 0 fully saturated rings. The lowest BCUT2D eigenvalue weighted by molar-refractivity contribution is -0.384. The summed E-state index contributed by atoms with van der Waals surface area (Å²) in [6.45, 7) is 3.47. The zero-order valence-electron chi connectivity index (χ0n) is 11.5. The first kappa shape index (κ1) is 15.2. The van der Waals surface area contributed by atoms with Gasteiger partial charge in [-0.3, -0.25) is 14.9 Å². The number of nitrogens with one attached hydrogen (secondary N) is 1. The number of nitro benzene ring substituents is 1. The Morgan fingerprint density at radius 2 is 1.67 bits per heavy atom. The van der Waals surface area contributed by atoms with Gasteiger partial charge in [-0.05, 0) is 49.2 Å². The summed E-state index contributed by atoms with van der Waals surface area (Å²) in [5.74, 6) is -0.248. The number of rotatable bonds is 3. The van der Waals surface area contributed by atoms with Crippen LogP contribution in [-0.2, 0) is 0 Å². The minimum absolute atomic E-state index is 0.0200. The van der Waals surface area contributed by atoms with E-state index >= 15 is 0 Å². The first-order valence-electron chi connectivity index (χ1n) is 6.21. The number of hydrogen-bond acceptors (Lipinski definition) is 3. The highest BCUT2D eigenvalue weighted by molar-refractivity contribution is 9.10. The van der Waals surface area contributed by atoms with Gasteiger partial charge in [0.15, 0.2) is 0 Å². The Morgan fingerprint density at radius 3 is 2.14 bits per heavy atom. The lowest BCUT2D eigenvalue weighted by atomic mass is 10.1. The second-order valence-corrected chi connectivity index (χ2v) is 5.59. The van der Waals surface area contributed by atoms with Gasteiger partial charge in [0.1, 0.15) is 0 Å². The number of benzene rings is 2. The van der Waals surface area contributed by atoms with Crippen LogP contribution in [0.5, 0.6) is 0 Å². The number of halogens is 1. The monoisotopic (exact) mass is 348 g/mol. The molecule has 0 aromatic heterocycles. The smallest absolute Gasteiger partial charge is 0.270 e. The maximum Gasteiger partial charge on any atom is 0.270 e. The number of non-ortho nitro benzene ring substituents is 1. The summed E-state index contributed by atoms with van der Waals surface area (Å²) in [6.07, 6.45) is 0. The van der Waals surface area contributed by atoms with Crippen LogP contribution in [-0.4, -0.2) is 10.8 Å². The molecule has 0 heterocycles. The van der Waals surface area contributed by atoms with Crippen molar-refractivity contribution in [3.8, 4) is 0 Å². The van der Waals surface area contributed by atoms with Crippen LogP contribution >= 0.6 is 15.9 Å². The summed E-state index contributed by atoms with van der Waals surface area (Å²) >= 11 is 3.31. The van der Waals surface area contributed by atoms with Crippen LogP contribution in [0.2, 0.25) is 0 Å². The van der Waals surface area contributed by atoms with Crippen molar-refractivity contribution in [1.29, 1.82) is 0 Å². The maximum atomic E-state index is 12.2. The van der Waals surface area contributed by atoms with E-state index in [1.165, 1.54) is 12.1 Å². The van der Waals surface area contributed by atoms with Gasteiger partial charge >= 0.3 is 0 Å². The normalized spacial score (nSPS) is 10.2. The molecule has 6 heteroatoms. The quantitative estimate of drug-likeness (QED) is 0.666. The Balaban J connectivity index is 2.29. The van der Waals surface area contributed by atoms with Crippen molar-refractivity contribution in [2.75, 3.05) is 5.32 Å². The molecule has 108 valence electrons. The number of nitro groups is 1. The van der Waals surface area contributed by atoms with E-state index in [2.05, 4.69) is 21.2 Å². The first-order chi connectivity index (χ1) is 9.88. The molecule has 0 aliphatic heterocycles. The Kier molecular flexibility index (Phi) is 4.37. The van der Waals surface area contributed by atoms with Crippen LogP contribution in [0.3, 0.4) is 0 Å². The van der Waals surface area contributed by atoms with E-state index in [0.29, 0.717) is 22.4 Å². The van der Waals surface area contributed by atoms with Crippen LogP contribution in [0.1, 0.15) is 21.5 Å². The number of nitrogens with zero attached hydrogens (tertiary/aromatic N) is 1. The van der Waals surface area contributed by atoms with Gasteiger partial charge in [-0.1, -0.05) is 15.9 Å². The SMILES string of the molecule is Cc1cc([N+](=O)[O-])cc(C)c1NC(=O)c1ccc(Br)cc1. The number of amides is 1. The number of hydrogen-bond donors (Lipinski definition) is 1. The van der Waals surface area contributed by atoms with E-state index in [1.807, 2.05) is 0 Å². The Morgan fingerprint density at radius 1 is 1.14 bits per heavy atom. The standard InChI is InChI=1S/C15H13BrN2O3/c1-9-7-13(18(20)21)8-10(2)14(9)17-15(19)11-3-5-12(16)6-4-11/h3-8H,1-2H3,(H,17,19). The van der Waals surface area contributed by atoms with Crippen LogP contribution < -0.4 is 5.32 Å². The average Bonchev–Trinajstić information content (AvgIpc) is 2.43. The highest BCUT2D eigenvalue weighted by atomic mass is 79.9. The zero-order chi connectivity index (χ0) is 15.6. The van der Waals surface area contributed by atoms with Gasteiger partial charge in [-0.2, -0.15) is 0 Å². The van der Waals surface area contributed by atoms with Gasteiger partial charge in [0, 0.05) is 27.9 Å². The fraction of sp³-hybridized carbons (Fsp3) is 0.133. The van der Waals surface area contributed by atoms with Gasteiger partial charge in [-0.25, -0.2) is 0 Å². The van der Waals surface area contributed by atoms with E-state index in [9.17, 15) is 14.9 Å². The molecule has 0 saturated heterocycles. The number of carbonyl (C=O) groups is 1. The molecule has 0 spiro atoms. The molecule has 5 nitrogen and oxygen atoms in total. The van der Waals surface area contributed by atoms with Crippen LogP contribution in [0, 0.1) is 24.0 Å². The van der Waals surface area contributed by atoms with E-state index in [1.54, 1.807) is 38.1 Å². The highest BCUT2D eigenvalue weighted by Gasteiger charge is 2.14. The van der Waals surface area contributed by atoms with E-state index < -0.39 is 4.92 Å². The molecule has 0 atom stereocenters. The molecule has 1 N–H and O–H groups in total. The molecule has 0 aliphatic rings. The van der Waals surface area contributed by atoms with E-state index in [-0.39, 0.29) is 11.6 Å². The van der Waals surface area contributed by atoms with Gasteiger partial charge < -0.3 is 5.32 Å². The summed E-state index contributed by atoms with van der Waals surface area (Å²) in [4.78, 5) is 22.6. The summed E-state index contributed by atoms with van der Waals surface area (Å²) in [6, 6.07) is 9.87. The molecule has 2 aromatic carbocycles. The van der Waals surface area contributed by atoms with E-state index in [0.717, 1.165) is 4.47 Å². The van der Waals surface area contributed by atoms with Crippen molar-refractivity contribution in [2.45, 2.75) is 13.8 Å². The highest BCUT2D eigenvalue weighted by Crippen LogP contribution is 2.26. The zero-order valence-corrected chi connectivity index (χ0v) is 13.1. The fourth-order valence-electron chi connectivity index (χ4n) is 2.03. The molecule has 0 bridgehead atoms. The van der Waals surface area contributed by atoms with Crippen LogP contribution in [0.4, 0.5) is 11.4 Å². The Labute approximate surface area is 130 Å². The van der Waals surface area contributed by atoms with Crippen molar-refractivity contribution >= 4 is 33.2 Å². The first-order valence-corrected chi connectivity index (χ1v) is 7.00. The maximum absolute atomic E-state index is 12.2. The second kappa shape index (κ2) is 6.05. The molecule has 0 saturated carbocycles. The van der Waals surface area contributed by atoms with Crippen molar-refractivity contribution in [1.82, 2.24) is 0 Å². The molecule has 0 unspecified atom stereocenters. The van der Waals surface area contributed by atoms with Gasteiger partial charge in [0.2, 0.25) is 0 Å². The average molecular weight is 349 g/mol. The third kappa shape index (κ3) is 3.46. The van der Waals surface area contributed by atoms with Crippen molar-refractivity contribution < 1.29 is 9.72 Å². The van der Waals surface area contributed by atoms with Crippen molar-refractivity contribution in [3.05, 3.63) is 67.7 Å². The van der Waals surface area contributed by atoms with Gasteiger partial charge in [-0.15, -0.1) is 0 Å². The predicted molar refractivity (Wildman–Crippen MR) is 84.7 cm³/mol. The number of anilines is 1. The number of carbonyl (C=O) groups excluding carboxylic acids is 1.